The molecule has 2 aliphatic rings. The van der Waals surface area contributed by atoms with Crippen molar-refractivity contribution in [3.05, 3.63) is 62.1 Å². The van der Waals surface area contributed by atoms with Crippen LogP contribution in [0.2, 0.25) is 10.0 Å². The van der Waals surface area contributed by atoms with Crippen LogP contribution in [-0.2, 0) is 6.54 Å². The zero-order chi connectivity index (χ0) is 24.1. The highest BCUT2D eigenvalue weighted by molar-refractivity contribution is 6.39. The molecule has 0 spiro atoms. The van der Waals surface area contributed by atoms with Crippen molar-refractivity contribution >= 4 is 40.3 Å². The van der Waals surface area contributed by atoms with Gasteiger partial charge in [-0.2, -0.15) is 5.26 Å². The molecule has 2 N–H and O–H groups in total. The highest BCUT2D eigenvalue weighted by Crippen LogP contribution is 2.33. The van der Waals surface area contributed by atoms with Crippen molar-refractivity contribution < 1.29 is 4.92 Å². The van der Waals surface area contributed by atoms with E-state index in [1.54, 1.807) is 12.1 Å². The number of rotatable bonds is 8. The van der Waals surface area contributed by atoms with Crippen LogP contribution >= 0.6 is 23.2 Å². The fourth-order valence-electron chi connectivity index (χ4n) is 4.49. The minimum absolute atomic E-state index is 0.0741. The van der Waals surface area contributed by atoms with Gasteiger partial charge in [0.05, 0.1) is 20.7 Å². The summed E-state index contributed by atoms with van der Waals surface area (Å²) in [5, 5.41) is 27.4. The summed E-state index contributed by atoms with van der Waals surface area (Å²) in [5.41, 5.74) is 2.68. The quantitative estimate of drug-likeness (QED) is 0.182. The summed E-state index contributed by atoms with van der Waals surface area (Å²) in [5.74, 6) is 0. The van der Waals surface area contributed by atoms with Crippen molar-refractivity contribution in [3.8, 4) is 6.19 Å². The standard InChI is InChI=1S/C23H27Cl2N7O2/c24-20-13-17(15-29-7-1-2-8-29)14-21(25)22(20)28-23(27-16-26)31-11-9-30(10-12-31)18-3-5-19(6-4-18)32(33)34/h3-6,13-14,23,27-28H,1-2,7-12,15H2. The van der Waals surface area contributed by atoms with Gasteiger partial charge in [0, 0.05) is 50.5 Å². The van der Waals surface area contributed by atoms with Gasteiger partial charge in [-0.1, -0.05) is 23.2 Å². The molecule has 11 heteroatoms. The van der Waals surface area contributed by atoms with Gasteiger partial charge in [-0.15, -0.1) is 0 Å². The largest absolute Gasteiger partial charge is 0.369 e. The van der Waals surface area contributed by atoms with E-state index in [0.717, 1.165) is 30.9 Å². The summed E-state index contributed by atoms with van der Waals surface area (Å²) < 4.78 is 0. The molecule has 0 bridgehead atoms. The number of nitro groups is 1. The van der Waals surface area contributed by atoms with E-state index >= 15 is 0 Å². The molecule has 0 radical (unpaired) electrons. The van der Waals surface area contributed by atoms with E-state index in [9.17, 15) is 15.4 Å². The summed E-state index contributed by atoms with van der Waals surface area (Å²) in [6, 6.07) is 10.4. The van der Waals surface area contributed by atoms with Crippen LogP contribution in [0.1, 0.15) is 18.4 Å². The maximum Gasteiger partial charge on any atom is 0.269 e. The molecule has 2 saturated heterocycles. The number of hydrogen-bond acceptors (Lipinski definition) is 8. The Morgan fingerprint density at radius 3 is 2.21 bits per heavy atom. The van der Waals surface area contributed by atoms with Gasteiger partial charge in [0.15, 0.2) is 12.5 Å². The van der Waals surface area contributed by atoms with Crippen LogP contribution in [0.25, 0.3) is 0 Å². The number of non-ortho nitro benzene ring substituents is 1. The first-order valence-electron chi connectivity index (χ1n) is 11.3. The molecule has 9 nitrogen and oxygen atoms in total. The van der Waals surface area contributed by atoms with Crippen LogP contribution in [-0.4, -0.2) is 60.3 Å². The number of nitriles is 1. The Kier molecular flexibility index (Phi) is 7.95. The van der Waals surface area contributed by atoms with Gasteiger partial charge in [-0.3, -0.25) is 25.2 Å². The minimum atomic E-state index is -0.469. The molecular weight excluding hydrogens is 477 g/mol. The highest BCUT2D eigenvalue weighted by atomic mass is 35.5. The number of piperazine rings is 1. The van der Waals surface area contributed by atoms with Crippen LogP contribution in [0.3, 0.4) is 0 Å². The van der Waals surface area contributed by atoms with Crippen molar-refractivity contribution in [2.45, 2.75) is 25.7 Å². The summed E-state index contributed by atoms with van der Waals surface area (Å²) >= 11 is 13.2. The highest BCUT2D eigenvalue weighted by Gasteiger charge is 2.25. The predicted molar refractivity (Wildman–Crippen MR) is 134 cm³/mol. The molecule has 2 fully saturated rings. The number of anilines is 2. The molecule has 0 aromatic heterocycles. The fourth-order valence-corrected chi connectivity index (χ4v) is 5.14. The molecule has 2 aromatic carbocycles. The first-order valence-corrected chi connectivity index (χ1v) is 12.0. The zero-order valence-electron chi connectivity index (χ0n) is 18.7. The average Bonchev–Trinajstić information content (AvgIpc) is 3.34. The van der Waals surface area contributed by atoms with Crippen LogP contribution in [0, 0.1) is 21.6 Å². The maximum absolute atomic E-state index is 10.9. The van der Waals surface area contributed by atoms with Crippen molar-refractivity contribution in [3.63, 3.8) is 0 Å². The van der Waals surface area contributed by atoms with E-state index in [1.165, 1.54) is 25.0 Å². The third kappa shape index (κ3) is 5.83. The topological polar surface area (TPSA) is 101 Å². The molecule has 2 heterocycles. The third-order valence-electron chi connectivity index (χ3n) is 6.29. The second kappa shape index (κ2) is 11.1. The fraction of sp³-hybridized carbons (Fsp3) is 0.435. The number of likely N-dealkylation sites (tertiary alicyclic amines) is 1. The van der Waals surface area contributed by atoms with Crippen molar-refractivity contribution in [2.24, 2.45) is 0 Å². The molecule has 1 atom stereocenters. The Morgan fingerprint density at radius 1 is 1.03 bits per heavy atom. The van der Waals surface area contributed by atoms with Gasteiger partial charge in [0.25, 0.3) is 5.69 Å². The Hall–Kier alpha value is -2.77. The lowest BCUT2D eigenvalue weighted by Crippen LogP contribution is -2.57. The van der Waals surface area contributed by atoms with Crippen molar-refractivity contribution in [1.82, 2.24) is 15.1 Å². The second-order valence-electron chi connectivity index (χ2n) is 8.52. The molecule has 2 aliphatic heterocycles. The molecule has 0 aliphatic carbocycles. The monoisotopic (exact) mass is 503 g/mol. The molecule has 2 aromatic rings. The van der Waals surface area contributed by atoms with Gasteiger partial charge >= 0.3 is 0 Å². The molecule has 0 amide bonds. The van der Waals surface area contributed by atoms with E-state index in [0.29, 0.717) is 41.9 Å². The first kappa shape index (κ1) is 24.4. The number of benzene rings is 2. The summed E-state index contributed by atoms with van der Waals surface area (Å²) in [6.07, 6.45) is 3.99. The second-order valence-corrected chi connectivity index (χ2v) is 9.33. The predicted octanol–water partition coefficient (Wildman–Crippen LogP) is 4.09. The summed E-state index contributed by atoms with van der Waals surface area (Å²) in [6.45, 7) is 5.77. The van der Waals surface area contributed by atoms with Crippen LogP contribution < -0.4 is 15.5 Å². The average molecular weight is 504 g/mol. The van der Waals surface area contributed by atoms with Crippen molar-refractivity contribution in [1.29, 1.82) is 5.26 Å². The van der Waals surface area contributed by atoms with Gasteiger partial charge in [-0.25, -0.2) is 0 Å². The molecule has 0 saturated carbocycles. The number of halogens is 2. The molecule has 180 valence electrons. The van der Waals surface area contributed by atoms with Crippen LogP contribution in [0.15, 0.2) is 36.4 Å². The SMILES string of the molecule is N#CNC(Nc1c(Cl)cc(CN2CCCC2)cc1Cl)N1CCN(c2ccc([N+](=O)[O-])cc2)CC1. The number of nitrogens with one attached hydrogen (secondary N) is 2. The lowest BCUT2D eigenvalue weighted by Gasteiger charge is -2.40. The normalized spacial score (nSPS) is 17.9. The summed E-state index contributed by atoms with van der Waals surface area (Å²) in [7, 11) is 0. The van der Waals surface area contributed by atoms with E-state index in [1.807, 2.05) is 18.3 Å². The number of nitrogens with zero attached hydrogens (tertiary/aromatic N) is 5. The van der Waals surface area contributed by atoms with Gasteiger partial charge in [0.1, 0.15) is 0 Å². The van der Waals surface area contributed by atoms with E-state index in [4.69, 9.17) is 23.2 Å². The lowest BCUT2D eigenvalue weighted by atomic mass is 10.2. The first-order chi connectivity index (χ1) is 16.4. The molecule has 4 rings (SSSR count). The van der Waals surface area contributed by atoms with E-state index < -0.39 is 11.2 Å². The maximum atomic E-state index is 10.9. The lowest BCUT2D eigenvalue weighted by molar-refractivity contribution is -0.384. The Morgan fingerprint density at radius 2 is 1.65 bits per heavy atom. The van der Waals surface area contributed by atoms with Crippen LogP contribution in [0.4, 0.5) is 17.1 Å². The van der Waals surface area contributed by atoms with E-state index in [2.05, 4.69) is 25.3 Å². The zero-order valence-corrected chi connectivity index (χ0v) is 20.2. The van der Waals surface area contributed by atoms with Crippen molar-refractivity contribution in [2.75, 3.05) is 49.5 Å². The Bertz CT molecular complexity index is 1020. The van der Waals surface area contributed by atoms with E-state index in [-0.39, 0.29) is 5.69 Å². The van der Waals surface area contributed by atoms with Gasteiger partial charge < -0.3 is 10.2 Å². The Balaban J connectivity index is 1.40. The molecule has 1 unspecified atom stereocenters. The molecular formula is C23H27Cl2N7O2. The van der Waals surface area contributed by atoms with Crippen LogP contribution in [0.5, 0.6) is 0 Å². The summed E-state index contributed by atoms with van der Waals surface area (Å²) in [4.78, 5) is 17.1. The molecule has 34 heavy (non-hydrogen) atoms. The smallest absolute Gasteiger partial charge is 0.269 e. The van der Waals surface area contributed by atoms with Gasteiger partial charge in [-0.05, 0) is 55.8 Å². The minimum Gasteiger partial charge on any atom is -0.369 e. The van der Waals surface area contributed by atoms with Gasteiger partial charge in [0.2, 0.25) is 0 Å². The Labute approximate surface area is 209 Å². The number of nitro benzene ring substituents is 1. The number of hydrogen-bond donors (Lipinski definition) is 2. The third-order valence-corrected chi connectivity index (χ3v) is 6.89.